The van der Waals surface area contributed by atoms with Crippen LogP contribution in [0.1, 0.15) is 28.1 Å². The van der Waals surface area contributed by atoms with Gasteiger partial charge in [-0.05, 0) is 48.9 Å². The molecule has 6 nitrogen and oxygen atoms in total. The van der Waals surface area contributed by atoms with Crippen LogP contribution in [0.2, 0.25) is 5.02 Å². The van der Waals surface area contributed by atoms with E-state index in [4.69, 9.17) is 26.1 Å². The lowest BCUT2D eigenvalue weighted by atomic mass is 10.2. The summed E-state index contributed by atoms with van der Waals surface area (Å²) in [5.74, 6) is -0.488. The van der Waals surface area contributed by atoms with Gasteiger partial charge in [0.25, 0.3) is 5.56 Å². The van der Waals surface area contributed by atoms with E-state index in [1.165, 1.54) is 22.0 Å². The Balaban J connectivity index is 1.91. The predicted octanol–water partition coefficient (Wildman–Crippen LogP) is 4.68. The number of carbonyl (C=O) groups is 1. The first kappa shape index (κ1) is 18.5. The molecule has 0 spiro atoms. The van der Waals surface area contributed by atoms with E-state index >= 15 is 0 Å². The van der Waals surface area contributed by atoms with Crippen molar-refractivity contribution in [2.75, 3.05) is 0 Å². The minimum Gasteiger partial charge on any atom is -0.475 e. The van der Waals surface area contributed by atoms with Crippen molar-refractivity contribution in [2.45, 2.75) is 19.9 Å². The lowest BCUT2D eigenvalue weighted by Gasteiger charge is -2.11. The number of aromatic carboxylic acids is 1. The number of thiophene rings is 1. The van der Waals surface area contributed by atoms with Gasteiger partial charge in [-0.25, -0.2) is 9.78 Å². The van der Waals surface area contributed by atoms with Gasteiger partial charge in [0, 0.05) is 15.5 Å². The van der Waals surface area contributed by atoms with Crippen molar-refractivity contribution < 1.29 is 14.3 Å². The molecule has 0 radical (unpaired) electrons. The number of aryl methyl sites for hydroxylation is 1. The van der Waals surface area contributed by atoms with Crippen LogP contribution in [-0.4, -0.2) is 20.6 Å². The smallest absolute Gasteiger partial charge is 0.371 e. The van der Waals surface area contributed by atoms with E-state index < -0.39 is 5.97 Å². The van der Waals surface area contributed by atoms with Crippen LogP contribution in [0.25, 0.3) is 21.6 Å². The van der Waals surface area contributed by atoms with Crippen LogP contribution in [0.5, 0.6) is 0 Å². The van der Waals surface area contributed by atoms with Crippen molar-refractivity contribution in [1.82, 2.24) is 9.55 Å². The monoisotopic (exact) mass is 414 g/mol. The number of fused-ring (bicyclic) bond motifs is 1. The second kappa shape index (κ2) is 7.26. The number of nitrogens with zero attached hydrogens (tertiary/aromatic N) is 2. The summed E-state index contributed by atoms with van der Waals surface area (Å²) in [6, 6.07) is 11.9. The van der Waals surface area contributed by atoms with Gasteiger partial charge in [0.2, 0.25) is 5.76 Å². The van der Waals surface area contributed by atoms with Crippen LogP contribution in [0.15, 0.2) is 51.7 Å². The van der Waals surface area contributed by atoms with Gasteiger partial charge in [-0.3, -0.25) is 9.36 Å². The molecule has 4 aromatic rings. The molecule has 1 N–H and O–H groups in total. The molecule has 0 amide bonds. The first-order valence-corrected chi connectivity index (χ1v) is 9.77. The predicted molar refractivity (Wildman–Crippen MR) is 108 cm³/mol. The van der Waals surface area contributed by atoms with Crippen molar-refractivity contribution in [3.8, 4) is 11.4 Å². The third-order valence-corrected chi connectivity index (χ3v) is 5.76. The SMILES string of the molecule is CCc1cc2c(=O)n(Cc3ccc(C(=O)O)o3)c(-c3ccc(Cl)cc3)nc2s1. The quantitative estimate of drug-likeness (QED) is 0.512. The highest BCUT2D eigenvalue weighted by Crippen LogP contribution is 2.27. The fraction of sp³-hybridized carbons (Fsp3) is 0.150. The highest BCUT2D eigenvalue weighted by Gasteiger charge is 2.17. The maximum Gasteiger partial charge on any atom is 0.371 e. The van der Waals surface area contributed by atoms with E-state index in [0.717, 1.165) is 16.9 Å². The van der Waals surface area contributed by atoms with Crippen LogP contribution < -0.4 is 5.56 Å². The lowest BCUT2D eigenvalue weighted by Crippen LogP contribution is -2.23. The second-order valence-electron chi connectivity index (χ2n) is 6.19. The zero-order valence-electron chi connectivity index (χ0n) is 14.8. The Kier molecular flexibility index (Phi) is 4.78. The topological polar surface area (TPSA) is 85.3 Å². The van der Waals surface area contributed by atoms with Crippen LogP contribution in [0.3, 0.4) is 0 Å². The molecule has 0 bridgehead atoms. The number of benzene rings is 1. The van der Waals surface area contributed by atoms with Crippen molar-refractivity contribution in [1.29, 1.82) is 0 Å². The average Bonchev–Trinajstić information content (AvgIpc) is 3.31. The number of carboxylic acids is 1. The molecule has 28 heavy (non-hydrogen) atoms. The Bertz CT molecular complexity index is 1240. The van der Waals surface area contributed by atoms with Gasteiger partial charge in [0.15, 0.2) is 0 Å². The second-order valence-corrected chi connectivity index (χ2v) is 7.74. The Hall–Kier alpha value is -2.90. The standard InChI is InChI=1S/C20H15ClN2O4S/c1-2-14-9-15-18(28-14)22-17(11-3-5-12(21)6-4-11)23(19(15)24)10-13-7-8-16(27-13)20(25)26/h3-9H,2,10H2,1H3,(H,25,26). The molecule has 4 rings (SSSR count). The van der Waals surface area contributed by atoms with Crippen LogP contribution in [0.4, 0.5) is 0 Å². The molecule has 8 heteroatoms. The van der Waals surface area contributed by atoms with Crippen molar-refractivity contribution in [3.05, 3.63) is 74.2 Å². The maximum atomic E-state index is 13.2. The maximum absolute atomic E-state index is 13.2. The molecule has 0 aliphatic carbocycles. The molecule has 0 atom stereocenters. The number of aromatic nitrogens is 2. The van der Waals surface area contributed by atoms with Gasteiger partial charge in [0.05, 0.1) is 11.9 Å². The van der Waals surface area contributed by atoms with Gasteiger partial charge in [0.1, 0.15) is 16.4 Å². The molecule has 142 valence electrons. The molecule has 3 heterocycles. The fourth-order valence-electron chi connectivity index (χ4n) is 2.94. The largest absolute Gasteiger partial charge is 0.475 e. The van der Waals surface area contributed by atoms with Crippen LogP contribution in [-0.2, 0) is 13.0 Å². The Morgan fingerprint density at radius 2 is 2.00 bits per heavy atom. The first-order valence-electron chi connectivity index (χ1n) is 8.57. The molecular weight excluding hydrogens is 400 g/mol. The minimum absolute atomic E-state index is 0.0737. The Morgan fingerprint density at radius 3 is 2.64 bits per heavy atom. The molecule has 0 fully saturated rings. The van der Waals surface area contributed by atoms with Crippen LogP contribution >= 0.6 is 22.9 Å². The van der Waals surface area contributed by atoms with E-state index in [2.05, 4.69) is 0 Å². The number of hydrogen-bond donors (Lipinski definition) is 1. The Morgan fingerprint density at radius 1 is 1.25 bits per heavy atom. The number of carboxylic acid groups (broad SMARTS) is 1. The van der Waals surface area contributed by atoms with E-state index in [9.17, 15) is 9.59 Å². The average molecular weight is 415 g/mol. The minimum atomic E-state index is -1.16. The van der Waals surface area contributed by atoms with E-state index in [-0.39, 0.29) is 17.9 Å². The highest BCUT2D eigenvalue weighted by atomic mass is 35.5. The zero-order valence-corrected chi connectivity index (χ0v) is 16.4. The third-order valence-electron chi connectivity index (χ3n) is 4.34. The lowest BCUT2D eigenvalue weighted by molar-refractivity contribution is 0.0660. The molecule has 0 aliphatic rings. The summed E-state index contributed by atoms with van der Waals surface area (Å²) in [7, 11) is 0. The number of hydrogen-bond acceptors (Lipinski definition) is 5. The summed E-state index contributed by atoms with van der Waals surface area (Å²) < 4.78 is 6.85. The molecule has 0 unspecified atom stereocenters. The van der Waals surface area contributed by atoms with Crippen LogP contribution in [0, 0.1) is 0 Å². The molecule has 1 aromatic carbocycles. The summed E-state index contributed by atoms with van der Waals surface area (Å²) in [6.07, 6.45) is 0.816. The zero-order chi connectivity index (χ0) is 19.8. The summed E-state index contributed by atoms with van der Waals surface area (Å²) in [4.78, 5) is 30.8. The van der Waals surface area contributed by atoms with Gasteiger partial charge in [-0.1, -0.05) is 18.5 Å². The highest BCUT2D eigenvalue weighted by molar-refractivity contribution is 7.18. The summed E-state index contributed by atoms with van der Waals surface area (Å²) in [5, 5.41) is 10.2. The number of halogens is 1. The van der Waals surface area contributed by atoms with Gasteiger partial charge < -0.3 is 9.52 Å². The van der Waals surface area contributed by atoms with E-state index in [1.54, 1.807) is 30.3 Å². The number of furan rings is 1. The van der Waals surface area contributed by atoms with Gasteiger partial charge in [-0.2, -0.15) is 0 Å². The fourth-order valence-corrected chi connectivity index (χ4v) is 4.02. The van der Waals surface area contributed by atoms with Gasteiger partial charge >= 0.3 is 5.97 Å². The number of rotatable bonds is 5. The van der Waals surface area contributed by atoms with E-state index in [0.29, 0.717) is 26.8 Å². The van der Waals surface area contributed by atoms with Gasteiger partial charge in [-0.15, -0.1) is 11.3 Å². The first-order chi connectivity index (χ1) is 13.5. The van der Waals surface area contributed by atoms with E-state index in [1.807, 2.05) is 13.0 Å². The molecular formula is C20H15ClN2O4S. The Labute approximate surface area is 168 Å². The summed E-state index contributed by atoms with van der Waals surface area (Å²) >= 11 is 7.49. The summed E-state index contributed by atoms with van der Waals surface area (Å²) in [6.45, 7) is 2.10. The third kappa shape index (κ3) is 3.34. The van der Waals surface area contributed by atoms with Crippen molar-refractivity contribution in [2.24, 2.45) is 0 Å². The molecule has 0 aliphatic heterocycles. The van der Waals surface area contributed by atoms with Crippen molar-refractivity contribution >= 4 is 39.1 Å². The van der Waals surface area contributed by atoms with Crippen molar-refractivity contribution in [3.63, 3.8) is 0 Å². The molecule has 0 saturated heterocycles. The molecule has 3 aromatic heterocycles. The normalized spacial score (nSPS) is 11.2. The molecule has 0 saturated carbocycles. The summed E-state index contributed by atoms with van der Waals surface area (Å²) in [5.41, 5.74) is 0.541.